The van der Waals surface area contributed by atoms with Gasteiger partial charge in [-0.1, -0.05) is 0 Å². The van der Waals surface area contributed by atoms with Crippen LogP contribution in [0.1, 0.15) is 6.92 Å². The lowest BCUT2D eigenvalue weighted by Crippen LogP contribution is -2.44. The van der Waals surface area contributed by atoms with Crippen LogP contribution in [0.3, 0.4) is 0 Å². The van der Waals surface area contributed by atoms with E-state index >= 15 is 0 Å². The Hall–Kier alpha value is -0.800. The molecular formula is C6H11F2NO5S. The summed E-state index contributed by atoms with van der Waals surface area (Å²) in [7, 11) is -4.34. The highest BCUT2D eigenvalue weighted by atomic mass is 32.2. The lowest BCUT2D eigenvalue weighted by Gasteiger charge is -2.15. The van der Waals surface area contributed by atoms with Crippen LogP contribution >= 0.6 is 0 Å². The number of nitrogens with one attached hydrogen (secondary N) is 1. The van der Waals surface area contributed by atoms with E-state index in [4.69, 9.17) is 10.2 Å². The smallest absolute Gasteiger partial charge is 0.323 e. The molecule has 0 heterocycles. The van der Waals surface area contributed by atoms with Crippen LogP contribution in [0.15, 0.2) is 0 Å². The zero-order valence-corrected chi connectivity index (χ0v) is 8.59. The summed E-state index contributed by atoms with van der Waals surface area (Å²) in [5, 5.41) is 14.7. The standard InChI is InChI=1S/C6H11F2NO5S/c1-4(5(11)12)15(13,14)9-2-6(7,8)3-10/h4,9-10H,2-3H2,1H3,(H,11,12). The largest absolute Gasteiger partial charge is 0.480 e. The highest BCUT2D eigenvalue weighted by molar-refractivity contribution is 7.90. The van der Waals surface area contributed by atoms with Crippen molar-refractivity contribution in [2.24, 2.45) is 0 Å². The number of rotatable bonds is 6. The van der Waals surface area contributed by atoms with Gasteiger partial charge in [-0.2, -0.15) is 0 Å². The van der Waals surface area contributed by atoms with Gasteiger partial charge < -0.3 is 10.2 Å². The zero-order valence-electron chi connectivity index (χ0n) is 7.77. The summed E-state index contributed by atoms with van der Waals surface area (Å²) in [6.45, 7) is -2.00. The van der Waals surface area contributed by atoms with Gasteiger partial charge in [-0.3, -0.25) is 4.79 Å². The Balaban J connectivity index is 4.48. The SMILES string of the molecule is CC(C(=O)O)S(=O)(=O)NCC(F)(F)CO. The van der Waals surface area contributed by atoms with Crippen molar-refractivity contribution >= 4 is 16.0 Å². The van der Waals surface area contributed by atoms with E-state index in [1.807, 2.05) is 0 Å². The number of alkyl halides is 2. The molecule has 0 aromatic rings. The van der Waals surface area contributed by atoms with Crippen LogP contribution in [0.5, 0.6) is 0 Å². The van der Waals surface area contributed by atoms with Crippen molar-refractivity contribution in [2.45, 2.75) is 18.1 Å². The molecule has 0 aromatic carbocycles. The van der Waals surface area contributed by atoms with Crippen molar-refractivity contribution in [3.05, 3.63) is 0 Å². The van der Waals surface area contributed by atoms with E-state index in [1.54, 1.807) is 0 Å². The zero-order chi connectivity index (χ0) is 12.3. The van der Waals surface area contributed by atoms with E-state index in [2.05, 4.69) is 0 Å². The molecule has 3 N–H and O–H groups in total. The minimum Gasteiger partial charge on any atom is -0.480 e. The second-order valence-corrected chi connectivity index (χ2v) is 4.95. The highest BCUT2D eigenvalue weighted by Crippen LogP contribution is 2.11. The van der Waals surface area contributed by atoms with E-state index in [0.29, 0.717) is 0 Å². The minimum atomic E-state index is -4.34. The summed E-state index contributed by atoms with van der Waals surface area (Å²) < 4.78 is 48.3. The number of aliphatic carboxylic acids is 1. The van der Waals surface area contributed by atoms with Gasteiger partial charge in [0.25, 0.3) is 5.92 Å². The Morgan fingerprint density at radius 2 is 2.00 bits per heavy atom. The molecule has 0 aromatic heterocycles. The molecule has 0 amide bonds. The van der Waals surface area contributed by atoms with Crippen LogP contribution < -0.4 is 4.72 Å². The molecular weight excluding hydrogens is 236 g/mol. The first kappa shape index (κ1) is 14.2. The van der Waals surface area contributed by atoms with E-state index < -0.39 is 40.3 Å². The van der Waals surface area contributed by atoms with Crippen molar-refractivity contribution in [3.63, 3.8) is 0 Å². The van der Waals surface area contributed by atoms with Crippen LogP contribution in [-0.4, -0.2) is 48.9 Å². The predicted molar refractivity (Wildman–Crippen MR) is 46.1 cm³/mol. The van der Waals surface area contributed by atoms with Crippen molar-refractivity contribution in [2.75, 3.05) is 13.2 Å². The molecule has 0 spiro atoms. The van der Waals surface area contributed by atoms with E-state index in [1.165, 1.54) is 4.72 Å². The van der Waals surface area contributed by atoms with Gasteiger partial charge in [0.15, 0.2) is 5.25 Å². The van der Waals surface area contributed by atoms with Gasteiger partial charge in [0, 0.05) is 0 Å². The molecule has 0 rings (SSSR count). The number of sulfonamides is 1. The third kappa shape index (κ3) is 4.49. The molecule has 0 radical (unpaired) electrons. The summed E-state index contributed by atoms with van der Waals surface area (Å²) in [4.78, 5) is 10.3. The van der Waals surface area contributed by atoms with Crippen LogP contribution in [0.2, 0.25) is 0 Å². The molecule has 0 aliphatic carbocycles. The Morgan fingerprint density at radius 3 is 2.33 bits per heavy atom. The molecule has 0 fully saturated rings. The lowest BCUT2D eigenvalue weighted by atomic mass is 10.4. The van der Waals surface area contributed by atoms with Crippen molar-refractivity contribution in [1.29, 1.82) is 0 Å². The van der Waals surface area contributed by atoms with E-state index in [0.717, 1.165) is 6.92 Å². The number of aliphatic hydroxyl groups is 1. The molecule has 0 aliphatic heterocycles. The van der Waals surface area contributed by atoms with Gasteiger partial charge in [0.1, 0.15) is 6.61 Å². The number of hydrogen-bond donors (Lipinski definition) is 3. The molecule has 9 heteroatoms. The fourth-order valence-corrected chi connectivity index (χ4v) is 1.45. The molecule has 15 heavy (non-hydrogen) atoms. The lowest BCUT2D eigenvalue weighted by molar-refractivity contribution is -0.136. The quantitative estimate of drug-likeness (QED) is 0.559. The number of carbonyl (C=O) groups is 1. The fourth-order valence-electron chi connectivity index (χ4n) is 0.520. The van der Waals surface area contributed by atoms with E-state index in [-0.39, 0.29) is 0 Å². The van der Waals surface area contributed by atoms with Crippen molar-refractivity contribution in [1.82, 2.24) is 4.72 Å². The van der Waals surface area contributed by atoms with Gasteiger partial charge >= 0.3 is 5.97 Å². The molecule has 0 bridgehead atoms. The van der Waals surface area contributed by atoms with Gasteiger partial charge in [-0.05, 0) is 6.92 Å². The summed E-state index contributed by atoms with van der Waals surface area (Å²) in [5.74, 6) is -5.25. The summed E-state index contributed by atoms with van der Waals surface area (Å²) >= 11 is 0. The topological polar surface area (TPSA) is 104 Å². The number of halogens is 2. The minimum absolute atomic E-state index is 0.849. The molecule has 1 atom stereocenters. The molecule has 6 nitrogen and oxygen atoms in total. The Morgan fingerprint density at radius 1 is 1.53 bits per heavy atom. The van der Waals surface area contributed by atoms with Gasteiger partial charge in [-0.25, -0.2) is 21.9 Å². The first-order chi connectivity index (χ1) is 6.62. The summed E-state index contributed by atoms with van der Waals surface area (Å²) in [6, 6.07) is 0. The molecule has 0 saturated heterocycles. The van der Waals surface area contributed by atoms with Crippen LogP contribution in [-0.2, 0) is 14.8 Å². The molecule has 1 unspecified atom stereocenters. The maximum atomic E-state index is 12.4. The first-order valence-corrected chi connectivity index (χ1v) is 5.37. The Bertz CT molecular complexity index is 328. The highest BCUT2D eigenvalue weighted by Gasteiger charge is 2.33. The second kappa shape index (κ2) is 4.81. The molecule has 90 valence electrons. The maximum absolute atomic E-state index is 12.4. The predicted octanol–water partition coefficient (Wildman–Crippen LogP) is -0.994. The number of carboxylic acid groups (broad SMARTS) is 1. The summed E-state index contributed by atoms with van der Waals surface area (Å²) in [5.41, 5.74) is 0. The third-order valence-electron chi connectivity index (χ3n) is 1.58. The van der Waals surface area contributed by atoms with Crippen LogP contribution in [0.4, 0.5) is 8.78 Å². The van der Waals surface area contributed by atoms with Crippen LogP contribution in [0, 0.1) is 0 Å². The van der Waals surface area contributed by atoms with Crippen molar-refractivity contribution < 1.29 is 32.2 Å². The fraction of sp³-hybridized carbons (Fsp3) is 0.833. The number of carboxylic acids is 1. The average molecular weight is 247 g/mol. The molecule has 0 aliphatic rings. The number of aliphatic hydroxyl groups excluding tert-OH is 1. The summed E-state index contributed by atoms with van der Waals surface area (Å²) in [6.07, 6.45) is 0. The van der Waals surface area contributed by atoms with Gasteiger partial charge in [0.2, 0.25) is 10.0 Å². The maximum Gasteiger partial charge on any atom is 0.323 e. The monoisotopic (exact) mass is 247 g/mol. The van der Waals surface area contributed by atoms with Crippen LogP contribution in [0.25, 0.3) is 0 Å². The Kier molecular flexibility index (Phi) is 4.56. The van der Waals surface area contributed by atoms with Gasteiger partial charge in [0.05, 0.1) is 6.54 Å². The second-order valence-electron chi connectivity index (χ2n) is 2.86. The van der Waals surface area contributed by atoms with Gasteiger partial charge in [-0.15, -0.1) is 0 Å². The first-order valence-electron chi connectivity index (χ1n) is 3.82. The average Bonchev–Trinajstić information content (AvgIpc) is 2.14. The number of hydrogen-bond acceptors (Lipinski definition) is 4. The van der Waals surface area contributed by atoms with E-state index in [9.17, 15) is 22.0 Å². The Labute approximate surface area is 85.0 Å². The normalized spacial score (nSPS) is 14.9. The third-order valence-corrected chi connectivity index (χ3v) is 3.26. The van der Waals surface area contributed by atoms with Crippen molar-refractivity contribution in [3.8, 4) is 0 Å². The molecule has 0 saturated carbocycles.